The van der Waals surface area contributed by atoms with Crippen LogP contribution in [0.5, 0.6) is 0 Å². The zero-order valence-corrected chi connectivity index (χ0v) is 22.3. The van der Waals surface area contributed by atoms with Crippen LogP contribution in [-0.2, 0) is 9.47 Å². The highest BCUT2D eigenvalue weighted by molar-refractivity contribution is 14.0. The molecule has 2 saturated heterocycles. The third-order valence-corrected chi connectivity index (χ3v) is 6.26. The van der Waals surface area contributed by atoms with Crippen molar-refractivity contribution in [3.05, 3.63) is 35.4 Å². The monoisotopic (exact) mass is 558 g/mol. The van der Waals surface area contributed by atoms with Gasteiger partial charge in [-0.15, -0.1) is 24.0 Å². The summed E-state index contributed by atoms with van der Waals surface area (Å²) in [5.41, 5.74) is 2.68. The highest BCUT2D eigenvalue weighted by atomic mass is 127. The van der Waals surface area contributed by atoms with Crippen molar-refractivity contribution in [2.24, 2.45) is 10.9 Å². The first-order chi connectivity index (χ1) is 15.3. The standard InChI is InChI=1S/C25H42N4O2.HI/c1-3-26-25(27-13-6-16-31-20-22-11-17-30-18-12-22)28-19-24(29-14-4-5-15-29)23-9-7-21(2)8-10-23;/h7-10,22,24H,3-6,11-20H2,1-2H3,(H2,26,27,28);1H. The molecule has 6 nitrogen and oxygen atoms in total. The Labute approximate surface area is 211 Å². The molecule has 1 aromatic rings. The Balaban J connectivity index is 0.00000363. The van der Waals surface area contributed by atoms with Crippen LogP contribution in [0.3, 0.4) is 0 Å². The van der Waals surface area contributed by atoms with Gasteiger partial charge in [0.05, 0.1) is 12.6 Å². The molecule has 2 aliphatic rings. The summed E-state index contributed by atoms with van der Waals surface area (Å²) >= 11 is 0. The number of halogens is 1. The van der Waals surface area contributed by atoms with Gasteiger partial charge in [-0.3, -0.25) is 9.89 Å². The zero-order chi connectivity index (χ0) is 21.7. The number of nitrogens with one attached hydrogen (secondary N) is 2. The van der Waals surface area contributed by atoms with Crippen molar-refractivity contribution in [1.29, 1.82) is 0 Å². The van der Waals surface area contributed by atoms with Crippen LogP contribution in [0.1, 0.15) is 56.2 Å². The number of hydrogen-bond donors (Lipinski definition) is 2. The highest BCUT2D eigenvalue weighted by Gasteiger charge is 2.23. The van der Waals surface area contributed by atoms with E-state index in [-0.39, 0.29) is 24.0 Å². The summed E-state index contributed by atoms with van der Waals surface area (Å²) in [4.78, 5) is 7.53. The van der Waals surface area contributed by atoms with Crippen molar-refractivity contribution in [2.75, 3.05) is 59.2 Å². The molecule has 182 valence electrons. The van der Waals surface area contributed by atoms with E-state index in [2.05, 4.69) is 53.6 Å². The van der Waals surface area contributed by atoms with Gasteiger partial charge in [-0.1, -0.05) is 29.8 Å². The summed E-state index contributed by atoms with van der Waals surface area (Å²) < 4.78 is 11.3. The van der Waals surface area contributed by atoms with E-state index in [0.29, 0.717) is 12.0 Å². The molecule has 7 heteroatoms. The summed E-state index contributed by atoms with van der Waals surface area (Å²) in [6, 6.07) is 9.31. The number of likely N-dealkylation sites (tertiary alicyclic amines) is 1. The summed E-state index contributed by atoms with van der Waals surface area (Å²) in [5.74, 6) is 1.58. The van der Waals surface area contributed by atoms with E-state index in [0.717, 1.165) is 71.3 Å². The Morgan fingerprint density at radius 3 is 2.56 bits per heavy atom. The minimum absolute atomic E-state index is 0. The van der Waals surface area contributed by atoms with Crippen LogP contribution in [-0.4, -0.2) is 70.0 Å². The van der Waals surface area contributed by atoms with Crippen molar-refractivity contribution in [3.8, 4) is 0 Å². The summed E-state index contributed by atoms with van der Waals surface area (Å²) in [6.45, 7) is 12.6. The van der Waals surface area contributed by atoms with Gasteiger partial charge in [-0.2, -0.15) is 0 Å². The van der Waals surface area contributed by atoms with Crippen LogP contribution in [0.4, 0.5) is 0 Å². The van der Waals surface area contributed by atoms with Crippen molar-refractivity contribution >= 4 is 29.9 Å². The number of nitrogens with zero attached hydrogens (tertiary/aromatic N) is 2. The van der Waals surface area contributed by atoms with Crippen LogP contribution < -0.4 is 10.6 Å². The van der Waals surface area contributed by atoms with Gasteiger partial charge in [0.2, 0.25) is 0 Å². The Morgan fingerprint density at radius 2 is 1.88 bits per heavy atom. The largest absolute Gasteiger partial charge is 0.381 e. The molecule has 0 amide bonds. The third kappa shape index (κ3) is 9.53. The van der Waals surface area contributed by atoms with Gasteiger partial charge in [-0.05, 0) is 70.5 Å². The average molecular weight is 559 g/mol. The molecule has 3 rings (SSSR count). The second kappa shape index (κ2) is 15.9. The van der Waals surface area contributed by atoms with E-state index in [9.17, 15) is 0 Å². The van der Waals surface area contributed by atoms with Crippen molar-refractivity contribution in [3.63, 3.8) is 0 Å². The molecule has 2 fully saturated rings. The molecule has 2 heterocycles. The molecule has 1 unspecified atom stereocenters. The number of aryl methyl sites for hydroxylation is 1. The molecule has 32 heavy (non-hydrogen) atoms. The molecular weight excluding hydrogens is 515 g/mol. The fourth-order valence-corrected chi connectivity index (χ4v) is 4.34. The molecule has 0 aliphatic carbocycles. The fourth-order valence-electron chi connectivity index (χ4n) is 4.34. The second-order valence-electron chi connectivity index (χ2n) is 8.80. The molecule has 0 bridgehead atoms. The lowest BCUT2D eigenvalue weighted by atomic mass is 10.0. The van der Waals surface area contributed by atoms with Gasteiger partial charge >= 0.3 is 0 Å². The zero-order valence-electron chi connectivity index (χ0n) is 20.0. The van der Waals surface area contributed by atoms with Gasteiger partial charge in [0.15, 0.2) is 5.96 Å². The van der Waals surface area contributed by atoms with E-state index < -0.39 is 0 Å². The SMILES string of the molecule is CCNC(=NCC(c1ccc(C)cc1)N1CCCC1)NCCCOCC1CCOCC1.I. The molecule has 0 saturated carbocycles. The van der Waals surface area contributed by atoms with Crippen molar-refractivity contribution in [1.82, 2.24) is 15.5 Å². The third-order valence-electron chi connectivity index (χ3n) is 6.26. The number of aliphatic imine (C=N–C) groups is 1. The number of guanidine groups is 1. The van der Waals surface area contributed by atoms with Crippen LogP contribution in [0, 0.1) is 12.8 Å². The lowest BCUT2D eigenvalue weighted by molar-refractivity contribution is 0.0203. The quantitative estimate of drug-likeness (QED) is 0.185. The smallest absolute Gasteiger partial charge is 0.191 e. The van der Waals surface area contributed by atoms with E-state index >= 15 is 0 Å². The van der Waals surface area contributed by atoms with E-state index in [1.807, 2.05) is 0 Å². The first-order valence-electron chi connectivity index (χ1n) is 12.2. The number of ether oxygens (including phenoxy) is 2. The maximum absolute atomic E-state index is 5.89. The van der Waals surface area contributed by atoms with E-state index in [1.165, 1.54) is 37.1 Å². The predicted molar refractivity (Wildman–Crippen MR) is 143 cm³/mol. The fraction of sp³-hybridized carbons (Fsp3) is 0.720. The van der Waals surface area contributed by atoms with E-state index in [1.54, 1.807) is 0 Å². The Bertz CT molecular complexity index is 644. The summed E-state index contributed by atoms with van der Waals surface area (Å²) in [5, 5.41) is 6.88. The number of rotatable bonds is 11. The lowest BCUT2D eigenvalue weighted by Gasteiger charge is -2.27. The van der Waals surface area contributed by atoms with Gasteiger partial charge in [-0.25, -0.2) is 0 Å². The second-order valence-corrected chi connectivity index (χ2v) is 8.80. The Morgan fingerprint density at radius 1 is 1.16 bits per heavy atom. The first-order valence-corrected chi connectivity index (χ1v) is 12.2. The number of hydrogen-bond acceptors (Lipinski definition) is 4. The molecule has 0 radical (unpaired) electrons. The Hall–Kier alpha value is -0.900. The average Bonchev–Trinajstić information content (AvgIpc) is 3.32. The van der Waals surface area contributed by atoms with Crippen LogP contribution >= 0.6 is 24.0 Å². The molecule has 2 N–H and O–H groups in total. The van der Waals surface area contributed by atoms with Crippen molar-refractivity contribution < 1.29 is 9.47 Å². The maximum Gasteiger partial charge on any atom is 0.191 e. The lowest BCUT2D eigenvalue weighted by Crippen LogP contribution is -2.39. The normalized spacial score (nSPS) is 18.9. The van der Waals surface area contributed by atoms with E-state index in [4.69, 9.17) is 14.5 Å². The van der Waals surface area contributed by atoms with Gasteiger partial charge in [0.25, 0.3) is 0 Å². The van der Waals surface area contributed by atoms with Gasteiger partial charge in [0, 0.05) is 39.5 Å². The highest BCUT2D eigenvalue weighted by Crippen LogP contribution is 2.25. The van der Waals surface area contributed by atoms with Crippen LogP contribution in [0.25, 0.3) is 0 Å². The van der Waals surface area contributed by atoms with Gasteiger partial charge in [0.1, 0.15) is 0 Å². The maximum atomic E-state index is 5.89. The molecule has 1 atom stereocenters. The topological polar surface area (TPSA) is 58.1 Å². The van der Waals surface area contributed by atoms with Gasteiger partial charge < -0.3 is 20.1 Å². The number of benzene rings is 1. The molecule has 0 spiro atoms. The molecule has 2 aliphatic heterocycles. The Kier molecular flexibility index (Phi) is 13.5. The summed E-state index contributed by atoms with van der Waals surface area (Å²) in [7, 11) is 0. The minimum atomic E-state index is 0. The minimum Gasteiger partial charge on any atom is -0.381 e. The van der Waals surface area contributed by atoms with Crippen LogP contribution in [0.15, 0.2) is 29.3 Å². The first kappa shape index (κ1) is 27.3. The molecule has 0 aromatic heterocycles. The summed E-state index contributed by atoms with van der Waals surface area (Å²) in [6.07, 6.45) is 5.83. The van der Waals surface area contributed by atoms with Crippen molar-refractivity contribution in [2.45, 2.75) is 52.0 Å². The van der Waals surface area contributed by atoms with Crippen LogP contribution in [0.2, 0.25) is 0 Å². The molecular formula is C25H43IN4O2. The predicted octanol–water partition coefficient (Wildman–Crippen LogP) is 4.14. The molecule has 1 aromatic carbocycles.